The number of para-hydroxylation sites is 2. The molecule has 2 aromatic carbocycles. The minimum Gasteiger partial charge on any atom is -0.476 e. The van der Waals surface area contributed by atoms with Crippen LogP contribution in [0, 0.1) is 17.8 Å². The zero-order valence-electron chi connectivity index (χ0n) is 25.3. The normalized spacial score (nSPS) is 23.8. The number of hydrogen-bond acceptors (Lipinski definition) is 3. The Balaban J connectivity index is 0.000000170. The third-order valence-electron chi connectivity index (χ3n) is 9.74. The van der Waals surface area contributed by atoms with Gasteiger partial charge >= 0.3 is 5.97 Å². The molecule has 226 valence electrons. The molecule has 0 unspecified atom stereocenters. The van der Waals surface area contributed by atoms with Crippen molar-refractivity contribution in [3.63, 3.8) is 0 Å². The Morgan fingerprint density at radius 1 is 0.833 bits per heavy atom. The van der Waals surface area contributed by atoms with Crippen molar-refractivity contribution in [3.05, 3.63) is 77.0 Å². The van der Waals surface area contributed by atoms with E-state index in [1.165, 1.54) is 101 Å². The predicted molar refractivity (Wildman–Crippen MR) is 176 cm³/mol. The molecule has 3 aromatic rings. The number of halogens is 1. The summed E-state index contributed by atoms with van der Waals surface area (Å²) in [6.45, 7) is 3.38. The van der Waals surface area contributed by atoms with Gasteiger partial charge in [-0.05, 0) is 103 Å². The highest BCUT2D eigenvalue weighted by Gasteiger charge is 2.52. The molecule has 1 aromatic heterocycles. The van der Waals surface area contributed by atoms with Crippen LogP contribution in [0.2, 0.25) is 0 Å². The topological polar surface area (TPSA) is 58.4 Å². The highest BCUT2D eigenvalue weighted by molar-refractivity contribution is 9.10. The SMILES string of the molecule is CCCCCCCCCCN(c1ccccc1)c1ccccc1.O=C(O)c1nn(C23CC4CC(CC(C4)C2)C3)cc1Br. The van der Waals surface area contributed by atoms with E-state index >= 15 is 0 Å². The van der Waals surface area contributed by atoms with Crippen molar-refractivity contribution in [2.45, 2.75) is 102 Å². The minimum atomic E-state index is -0.949. The van der Waals surface area contributed by atoms with Crippen LogP contribution in [0.3, 0.4) is 0 Å². The largest absolute Gasteiger partial charge is 0.476 e. The first kappa shape index (κ1) is 30.8. The highest BCUT2D eigenvalue weighted by Crippen LogP contribution is 2.58. The van der Waals surface area contributed by atoms with Crippen LogP contribution in [-0.2, 0) is 5.54 Å². The van der Waals surface area contributed by atoms with E-state index in [2.05, 4.69) is 93.5 Å². The standard InChI is InChI=1S/C22H31N.C14H17BrN2O2/c1-2-3-4-5-6-7-8-15-20-23(21-16-11-9-12-17-21)22-18-13-10-14-19-22;15-11-7-17(16-12(11)13(18)19)14-4-8-1-9(5-14)3-10(2-8)6-14/h9-14,16-19H,2-8,15,20H2,1H3;7-10H,1-6H2,(H,18,19). The van der Waals surface area contributed by atoms with Crippen molar-refractivity contribution in [1.29, 1.82) is 0 Å². The monoisotopic (exact) mass is 633 g/mol. The number of unbranched alkanes of at least 4 members (excludes halogenated alkanes) is 7. The summed E-state index contributed by atoms with van der Waals surface area (Å²) in [6.07, 6.45) is 20.5. The molecule has 7 rings (SSSR count). The summed E-state index contributed by atoms with van der Waals surface area (Å²) in [7, 11) is 0. The predicted octanol–water partition coefficient (Wildman–Crippen LogP) is 10.2. The van der Waals surface area contributed by atoms with E-state index in [0.29, 0.717) is 4.47 Å². The summed E-state index contributed by atoms with van der Waals surface area (Å²) in [4.78, 5) is 13.6. The van der Waals surface area contributed by atoms with Gasteiger partial charge in [0.25, 0.3) is 0 Å². The van der Waals surface area contributed by atoms with Crippen molar-refractivity contribution in [2.24, 2.45) is 17.8 Å². The fourth-order valence-electron chi connectivity index (χ4n) is 8.11. The van der Waals surface area contributed by atoms with Crippen LogP contribution in [0.5, 0.6) is 0 Å². The second-order valence-electron chi connectivity index (χ2n) is 13.0. The molecular weight excluding hydrogens is 586 g/mol. The number of carboxylic acid groups (broad SMARTS) is 1. The van der Waals surface area contributed by atoms with Crippen molar-refractivity contribution < 1.29 is 9.90 Å². The van der Waals surface area contributed by atoms with Crippen molar-refractivity contribution in [3.8, 4) is 0 Å². The molecule has 0 atom stereocenters. The molecule has 0 radical (unpaired) electrons. The Morgan fingerprint density at radius 3 is 1.76 bits per heavy atom. The Labute approximate surface area is 260 Å². The maximum Gasteiger partial charge on any atom is 0.357 e. The molecule has 0 aliphatic heterocycles. The van der Waals surface area contributed by atoms with Gasteiger partial charge in [0.1, 0.15) is 0 Å². The third kappa shape index (κ3) is 7.67. The van der Waals surface area contributed by atoms with Gasteiger partial charge in [-0.15, -0.1) is 0 Å². The molecule has 4 aliphatic carbocycles. The first-order chi connectivity index (χ1) is 20.5. The second kappa shape index (κ2) is 14.7. The van der Waals surface area contributed by atoms with Crippen LogP contribution in [0.25, 0.3) is 0 Å². The van der Waals surface area contributed by atoms with E-state index in [-0.39, 0.29) is 11.2 Å². The lowest BCUT2D eigenvalue weighted by atomic mass is 9.53. The summed E-state index contributed by atoms with van der Waals surface area (Å²) in [5, 5.41) is 13.5. The van der Waals surface area contributed by atoms with Gasteiger partial charge < -0.3 is 10.0 Å². The van der Waals surface area contributed by atoms with Crippen LogP contribution in [0.15, 0.2) is 71.3 Å². The smallest absolute Gasteiger partial charge is 0.357 e. The number of carbonyl (C=O) groups is 1. The molecule has 0 amide bonds. The molecule has 1 N–H and O–H groups in total. The average molecular weight is 635 g/mol. The lowest BCUT2D eigenvalue weighted by Crippen LogP contribution is -2.52. The fraction of sp³-hybridized carbons (Fsp3) is 0.556. The third-order valence-corrected chi connectivity index (χ3v) is 10.3. The second-order valence-corrected chi connectivity index (χ2v) is 13.9. The number of aromatic carboxylic acids is 1. The number of hydrogen-bond donors (Lipinski definition) is 1. The Kier molecular flexibility index (Phi) is 10.8. The quantitative estimate of drug-likeness (QED) is 0.190. The summed E-state index contributed by atoms with van der Waals surface area (Å²) in [5.74, 6) is 1.56. The molecule has 42 heavy (non-hydrogen) atoms. The number of nitrogens with zero attached hydrogens (tertiary/aromatic N) is 3. The average Bonchev–Trinajstić information content (AvgIpc) is 3.40. The first-order valence-electron chi connectivity index (χ1n) is 16.3. The molecule has 1 heterocycles. The molecule has 4 aliphatic rings. The lowest BCUT2D eigenvalue weighted by molar-refractivity contribution is -0.0495. The van der Waals surface area contributed by atoms with E-state index in [1.54, 1.807) is 0 Å². The van der Waals surface area contributed by atoms with Gasteiger partial charge in [-0.1, -0.05) is 88.3 Å². The van der Waals surface area contributed by atoms with Crippen LogP contribution in [0.4, 0.5) is 11.4 Å². The van der Waals surface area contributed by atoms with Crippen molar-refractivity contribution in [1.82, 2.24) is 9.78 Å². The Bertz CT molecular complexity index is 1180. The summed E-state index contributed by atoms with van der Waals surface area (Å²) >= 11 is 3.33. The van der Waals surface area contributed by atoms with Crippen LogP contribution in [-0.4, -0.2) is 27.4 Å². The molecule has 6 heteroatoms. The zero-order chi connectivity index (χ0) is 29.4. The molecule has 4 bridgehead atoms. The summed E-state index contributed by atoms with van der Waals surface area (Å²) in [5.41, 5.74) is 2.84. The zero-order valence-corrected chi connectivity index (χ0v) is 26.9. The highest BCUT2D eigenvalue weighted by atomic mass is 79.9. The van der Waals surface area contributed by atoms with Gasteiger partial charge in [-0.25, -0.2) is 4.79 Å². The van der Waals surface area contributed by atoms with E-state index < -0.39 is 5.97 Å². The van der Waals surface area contributed by atoms with Crippen LogP contribution in [0.1, 0.15) is 107 Å². The van der Waals surface area contributed by atoms with Gasteiger partial charge in [-0.2, -0.15) is 5.10 Å². The maximum atomic E-state index is 11.2. The van der Waals surface area contributed by atoms with E-state index in [9.17, 15) is 4.79 Å². The van der Waals surface area contributed by atoms with Gasteiger partial charge in [0.2, 0.25) is 0 Å². The molecule has 0 spiro atoms. The fourth-order valence-corrected chi connectivity index (χ4v) is 8.56. The van der Waals surface area contributed by atoms with Crippen LogP contribution < -0.4 is 4.90 Å². The molecule has 0 saturated heterocycles. The number of benzene rings is 2. The van der Waals surface area contributed by atoms with Gasteiger partial charge in [0.15, 0.2) is 5.69 Å². The van der Waals surface area contributed by atoms with E-state index in [0.717, 1.165) is 24.3 Å². The molecule has 5 nitrogen and oxygen atoms in total. The van der Waals surface area contributed by atoms with Gasteiger partial charge in [0, 0.05) is 24.1 Å². The number of carboxylic acids is 1. The Morgan fingerprint density at radius 2 is 1.31 bits per heavy atom. The molecule has 4 fully saturated rings. The first-order valence-corrected chi connectivity index (χ1v) is 17.1. The van der Waals surface area contributed by atoms with E-state index in [4.69, 9.17) is 5.11 Å². The summed E-state index contributed by atoms with van der Waals surface area (Å²) in [6, 6.07) is 21.5. The maximum absolute atomic E-state index is 11.2. The summed E-state index contributed by atoms with van der Waals surface area (Å²) < 4.78 is 2.58. The van der Waals surface area contributed by atoms with Crippen molar-refractivity contribution >= 4 is 33.3 Å². The van der Waals surface area contributed by atoms with Crippen LogP contribution >= 0.6 is 15.9 Å². The number of aromatic nitrogens is 2. The minimum absolute atomic E-state index is 0.102. The van der Waals surface area contributed by atoms with E-state index in [1.807, 2.05) is 10.9 Å². The molecular formula is C36H48BrN3O2. The lowest BCUT2D eigenvalue weighted by Gasteiger charge is -2.56. The van der Waals surface area contributed by atoms with Gasteiger partial charge in [0.05, 0.1) is 10.0 Å². The molecule has 4 saturated carbocycles. The number of anilines is 2. The number of rotatable bonds is 13. The van der Waals surface area contributed by atoms with Gasteiger partial charge in [-0.3, -0.25) is 4.68 Å². The Hall–Kier alpha value is -2.60. The van der Waals surface area contributed by atoms with Crippen molar-refractivity contribution in [2.75, 3.05) is 11.4 Å².